The van der Waals surface area contributed by atoms with E-state index < -0.39 is 0 Å². The van der Waals surface area contributed by atoms with E-state index in [1.165, 1.54) is 0 Å². The zero-order valence-corrected chi connectivity index (χ0v) is 11.5. The SMILES string of the molecule is Cc1cc2c(c(C)c1O)O[C@H](c1ccccc1)CC2=O. The summed E-state index contributed by atoms with van der Waals surface area (Å²) in [6.07, 6.45) is 0.0534. The van der Waals surface area contributed by atoms with Gasteiger partial charge in [0.2, 0.25) is 0 Å². The van der Waals surface area contributed by atoms with Crippen LogP contribution in [0.3, 0.4) is 0 Å². The van der Waals surface area contributed by atoms with Crippen molar-refractivity contribution < 1.29 is 14.6 Å². The van der Waals surface area contributed by atoms with Gasteiger partial charge in [0.05, 0.1) is 12.0 Å². The molecule has 1 aliphatic heterocycles. The summed E-state index contributed by atoms with van der Waals surface area (Å²) in [5, 5.41) is 10.0. The van der Waals surface area contributed by atoms with E-state index >= 15 is 0 Å². The minimum absolute atomic E-state index is 0.0614. The van der Waals surface area contributed by atoms with Gasteiger partial charge in [-0.05, 0) is 31.0 Å². The van der Waals surface area contributed by atoms with Crippen LogP contribution in [0.2, 0.25) is 0 Å². The lowest BCUT2D eigenvalue weighted by atomic mass is 9.93. The molecule has 102 valence electrons. The van der Waals surface area contributed by atoms with Gasteiger partial charge in [-0.2, -0.15) is 0 Å². The van der Waals surface area contributed by atoms with E-state index in [1.807, 2.05) is 30.3 Å². The second-order valence-electron chi connectivity index (χ2n) is 5.19. The Morgan fingerprint density at radius 3 is 2.60 bits per heavy atom. The Bertz CT molecular complexity index is 674. The Morgan fingerprint density at radius 2 is 1.90 bits per heavy atom. The number of hydrogen-bond acceptors (Lipinski definition) is 3. The first-order chi connectivity index (χ1) is 9.58. The van der Waals surface area contributed by atoms with Gasteiger partial charge in [-0.3, -0.25) is 4.79 Å². The Labute approximate surface area is 117 Å². The number of rotatable bonds is 1. The molecule has 0 fully saturated rings. The molecule has 20 heavy (non-hydrogen) atoms. The van der Waals surface area contributed by atoms with Crippen molar-refractivity contribution in [1.82, 2.24) is 0 Å². The maximum absolute atomic E-state index is 12.3. The van der Waals surface area contributed by atoms with Crippen molar-refractivity contribution in [2.75, 3.05) is 0 Å². The molecule has 2 aromatic rings. The van der Waals surface area contributed by atoms with Crippen LogP contribution in [0.1, 0.15) is 39.6 Å². The minimum atomic E-state index is -0.281. The summed E-state index contributed by atoms with van der Waals surface area (Å²) in [5.74, 6) is 0.773. The lowest BCUT2D eigenvalue weighted by Gasteiger charge is -2.27. The molecule has 0 saturated carbocycles. The van der Waals surface area contributed by atoms with Crippen LogP contribution in [0.25, 0.3) is 0 Å². The van der Waals surface area contributed by atoms with E-state index in [-0.39, 0.29) is 17.6 Å². The fourth-order valence-electron chi connectivity index (χ4n) is 2.63. The van der Waals surface area contributed by atoms with Crippen LogP contribution in [0.15, 0.2) is 36.4 Å². The van der Waals surface area contributed by atoms with Crippen molar-refractivity contribution in [2.24, 2.45) is 0 Å². The van der Waals surface area contributed by atoms with Crippen LogP contribution in [-0.4, -0.2) is 10.9 Å². The second-order valence-corrected chi connectivity index (χ2v) is 5.19. The maximum atomic E-state index is 12.3. The van der Waals surface area contributed by atoms with Gasteiger partial charge in [0.15, 0.2) is 5.78 Å². The number of ether oxygens (including phenoxy) is 1. The lowest BCUT2D eigenvalue weighted by Crippen LogP contribution is -2.21. The highest BCUT2D eigenvalue weighted by Gasteiger charge is 2.30. The summed E-state index contributed by atoms with van der Waals surface area (Å²) in [4.78, 5) is 12.3. The highest BCUT2D eigenvalue weighted by atomic mass is 16.5. The van der Waals surface area contributed by atoms with E-state index in [9.17, 15) is 9.90 Å². The predicted octanol–water partition coefficient (Wildman–Crippen LogP) is 3.72. The molecule has 1 atom stereocenters. The topological polar surface area (TPSA) is 46.5 Å². The van der Waals surface area contributed by atoms with Crippen molar-refractivity contribution in [3.05, 3.63) is 58.7 Å². The fourth-order valence-corrected chi connectivity index (χ4v) is 2.63. The average molecular weight is 268 g/mol. The van der Waals surface area contributed by atoms with Gasteiger partial charge in [-0.15, -0.1) is 0 Å². The number of phenols is 1. The largest absolute Gasteiger partial charge is 0.507 e. The van der Waals surface area contributed by atoms with Gasteiger partial charge in [0.1, 0.15) is 17.6 Å². The first kappa shape index (κ1) is 12.7. The molecule has 1 aliphatic rings. The van der Waals surface area contributed by atoms with Crippen LogP contribution in [0.5, 0.6) is 11.5 Å². The van der Waals surface area contributed by atoms with E-state index in [2.05, 4.69) is 0 Å². The van der Waals surface area contributed by atoms with Gasteiger partial charge in [-0.25, -0.2) is 0 Å². The lowest BCUT2D eigenvalue weighted by molar-refractivity contribution is 0.0847. The molecular weight excluding hydrogens is 252 g/mol. The molecule has 3 heteroatoms. The molecule has 3 nitrogen and oxygen atoms in total. The van der Waals surface area contributed by atoms with E-state index in [4.69, 9.17) is 4.74 Å². The molecule has 0 aromatic heterocycles. The average Bonchev–Trinajstić information content (AvgIpc) is 2.47. The van der Waals surface area contributed by atoms with Gasteiger partial charge in [0, 0.05) is 5.56 Å². The van der Waals surface area contributed by atoms with Gasteiger partial charge in [0.25, 0.3) is 0 Å². The molecule has 1 heterocycles. The number of aryl methyl sites for hydroxylation is 1. The summed E-state index contributed by atoms with van der Waals surface area (Å²) in [6.45, 7) is 3.57. The summed E-state index contributed by atoms with van der Waals surface area (Å²) >= 11 is 0. The Balaban J connectivity index is 2.07. The smallest absolute Gasteiger partial charge is 0.170 e. The standard InChI is InChI=1S/C17H16O3/c1-10-8-13-14(18)9-15(12-6-4-3-5-7-12)20-17(13)11(2)16(10)19/h3-8,15,19H,9H2,1-2H3/t15-/m0/s1. The number of ketones is 1. The number of benzene rings is 2. The minimum Gasteiger partial charge on any atom is -0.507 e. The van der Waals surface area contributed by atoms with Crippen LogP contribution >= 0.6 is 0 Å². The fraction of sp³-hybridized carbons (Fsp3) is 0.235. The number of phenolic OH excluding ortho intramolecular Hbond substituents is 1. The van der Waals surface area contributed by atoms with Crippen LogP contribution in [0.4, 0.5) is 0 Å². The summed E-state index contributed by atoms with van der Waals surface area (Å²) in [7, 11) is 0. The Hall–Kier alpha value is -2.29. The van der Waals surface area contributed by atoms with Crippen molar-refractivity contribution in [1.29, 1.82) is 0 Å². The summed E-state index contributed by atoms with van der Waals surface area (Å²) < 4.78 is 5.97. The van der Waals surface area contributed by atoms with Crippen LogP contribution in [-0.2, 0) is 0 Å². The van der Waals surface area contributed by atoms with E-state index in [0.717, 1.165) is 5.56 Å². The summed E-state index contributed by atoms with van der Waals surface area (Å²) in [5.41, 5.74) is 2.89. The van der Waals surface area contributed by atoms with Crippen molar-refractivity contribution >= 4 is 5.78 Å². The maximum Gasteiger partial charge on any atom is 0.170 e. The first-order valence-corrected chi connectivity index (χ1v) is 6.66. The molecule has 0 radical (unpaired) electrons. The van der Waals surface area contributed by atoms with Gasteiger partial charge >= 0.3 is 0 Å². The van der Waals surface area contributed by atoms with E-state index in [1.54, 1.807) is 19.9 Å². The van der Waals surface area contributed by atoms with Crippen molar-refractivity contribution in [2.45, 2.75) is 26.4 Å². The molecule has 0 saturated heterocycles. The number of aromatic hydroxyl groups is 1. The van der Waals surface area contributed by atoms with E-state index in [0.29, 0.717) is 28.9 Å². The Morgan fingerprint density at radius 1 is 1.20 bits per heavy atom. The normalized spacial score (nSPS) is 17.5. The van der Waals surface area contributed by atoms with Gasteiger partial charge < -0.3 is 9.84 Å². The Kier molecular flexibility index (Phi) is 2.97. The highest BCUT2D eigenvalue weighted by molar-refractivity contribution is 6.01. The third-order valence-electron chi connectivity index (χ3n) is 3.78. The third-order valence-corrected chi connectivity index (χ3v) is 3.78. The van der Waals surface area contributed by atoms with Crippen LogP contribution < -0.4 is 4.74 Å². The number of carbonyl (C=O) groups excluding carboxylic acids is 1. The molecule has 2 aromatic carbocycles. The molecule has 0 bridgehead atoms. The quantitative estimate of drug-likeness (QED) is 0.857. The molecular formula is C17H16O3. The number of fused-ring (bicyclic) bond motifs is 1. The monoisotopic (exact) mass is 268 g/mol. The first-order valence-electron chi connectivity index (χ1n) is 6.66. The molecule has 0 spiro atoms. The number of Topliss-reactive ketones (excluding diaryl/α,β-unsaturated/α-hetero) is 1. The van der Waals surface area contributed by atoms with Crippen molar-refractivity contribution in [3.63, 3.8) is 0 Å². The van der Waals surface area contributed by atoms with Gasteiger partial charge in [-0.1, -0.05) is 30.3 Å². The van der Waals surface area contributed by atoms with Crippen LogP contribution in [0, 0.1) is 13.8 Å². The molecule has 0 unspecified atom stereocenters. The highest BCUT2D eigenvalue weighted by Crippen LogP contribution is 2.41. The van der Waals surface area contributed by atoms with Crippen molar-refractivity contribution in [3.8, 4) is 11.5 Å². The zero-order valence-electron chi connectivity index (χ0n) is 11.5. The third kappa shape index (κ3) is 1.95. The molecule has 0 aliphatic carbocycles. The predicted molar refractivity (Wildman–Crippen MR) is 76.3 cm³/mol. The summed E-state index contributed by atoms with van der Waals surface area (Å²) in [6, 6.07) is 11.4. The molecule has 0 amide bonds. The zero-order chi connectivity index (χ0) is 14.3. The number of carbonyl (C=O) groups is 1. The second kappa shape index (κ2) is 4.67. The molecule has 1 N–H and O–H groups in total. The molecule has 3 rings (SSSR count). The number of hydrogen-bond donors (Lipinski definition) is 1.